The van der Waals surface area contributed by atoms with Crippen molar-refractivity contribution in [1.29, 1.82) is 0 Å². The van der Waals surface area contributed by atoms with Crippen LogP contribution in [0.2, 0.25) is 0 Å². The van der Waals surface area contributed by atoms with E-state index in [1.807, 2.05) is 0 Å². The van der Waals surface area contributed by atoms with Crippen LogP contribution in [0.4, 0.5) is 0 Å². The summed E-state index contributed by atoms with van der Waals surface area (Å²) < 4.78 is 0. The molecule has 0 fully saturated rings. The Kier molecular flexibility index (Phi) is 3.35. The number of amides is 1. The summed E-state index contributed by atoms with van der Waals surface area (Å²) in [5.74, 6) is -0.482. The van der Waals surface area contributed by atoms with Gasteiger partial charge in [-0.15, -0.1) is 12.4 Å². The molecular weight excluding hydrogens is 154 g/mol. The van der Waals surface area contributed by atoms with Gasteiger partial charge in [-0.3, -0.25) is 4.79 Å². The van der Waals surface area contributed by atoms with Gasteiger partial charge in [0.05, 0.1) is 18.0 Å². The summed E-state index contributed by atoms with van der Waals surface area (Å²) >= 11 is 0. The molecule has 0 aromatic carbocycles. The van der Waals surface area contributed by atoms with Crippen molar-refractivity contribution in [2.75, 3.05) is 0 Å². The van der Waals surface area contributed by atoms with Crippen LogP contribution in [0.15, 0.2) is 18.5 Å². The Bertz CT molecular complexity index is 213. The van der Waals surface area contributed by atoms with Crippen molar-refractivity contribution >= 4 is 18.3 Å². The molecule has 1 aromatic heterocycles. The van der Waals surface area contributed by atoms with Crippen LogP contribution in [0.1, 0.15) is 10.4 Å². The molecule has 54 valence electrons. The SMILES string of the molecule is Cl.NC(=O)c1ccnnc1. The average Bonchev–Trinajstić information content (AvgIpc) is 1.90. The smallest absolute Gasteiger partial charge is 0.250 e. The topological polar surface area (TPSA) is 68.9 Å². The molecule has 0 radical (unpaired) electrons. The normalized spacial score (nSPS) is 8.00. The number of hydrogen-bond donors (Lipinski definition) is 1. The molecule has 0 bridgehead atoms. The molecule has 4 nitrogen and oxygen atoms in total. The van der Waals surface area contributed by atoms with Gasteiger partial charge in [-0.25, -0.2) is 0 Å². The lowest BCUT2D eigenvalue weighted by Crippen LogP contribution is -2.10. The fraction of sp³-hybridized carbons (Fsp3) is 0. The highest BCUT2D eigenvalue weighted by molar-refractivity contribution is 5.92. The van der Waals surface area contributed by atoms with Crippen LogP contribution < -0.4 is 5.73 Å². The lowest BCUT2D eigenvalue weighted by Gasteiger charge is -1.87. The van der Waals surface area contributed by atoms with Crippen molar-refractivity contribution in [3.05, 3.63) is 24.0 Å². The maximum atomic E-state index is 10.4. The van der Waals surface area contributed by atoms with Gasteiger partial charge in [0.15, 0.2) is 0 Å². The van der Waals surface area contributed by atoms with Crippen molar-refractivity contribution in [3.63, 3.8) is 0 Å². The highest BCUT2D eigenvalue weighted by Gasteiger charge is 1.95. The van der Waals surface area contributed by atoms with Crippen LogP contribution in [0, 0.1) is 0 Å². The lowest BCUT2D eigenvalue weighted by molar-refractivity contribution is 0.1000. The molecule has 0 aliphatic carbocycles. The molecule has 0 aliphatic rings. The third kappa shape index (κ3) is 1.99. The highest BCUT2D eigenvalue weighted by atomic mass is 35.5. The molecule has 0 atom stereocenters. The van der Waals surface area contributed by atoms with E-state index in [2.05, 4.69) is 10.2 Å². The van der Waals surface area contributed by atoms with E-state index in [0.29, 0.717) is 5.56 Å². The minimum Gasteiger partial charge on any atom is -0.366 e. The Morgan fingerprint density at radius 2 is 2.20 bits per heavy atom. The van der Waals surface area contributed by atoms with Crippen LogP contribution in [0.25, 0.3) is 0 Å². The zero-order valence-corrected chi connectivity index (χ0v) is 5.84. The van der Waals surface area contributed by atoms with Gasteiger partial charge >= 0.3 is 0 Å². The molecule has 10 heavy (non-hydrogen) atoms. The van der Waals surface area contributed by atoms with Gasteiger partial charge in [-0.1, -0.05) is 0 Å². The van der Waals surface area contributed by atoms with Crippen molar-refractivity contribution in [3.8, 4) is 0 Å². The van der Waals surface area contributed by atoms with E-state index >= 15 is 0 Å². The summed E-state index contributed by atoms with van der Waals surface area (Å²) in [6.45, 7) is 0. The second-order valence-corrected chi connectivity index (χ2v) is 1.50. The first-order valence-electron chi connectivity index (χ1n) is 2.37. The summed E-state index contributed by atoms with van der Waals surface area (Å²) in [5.41, 5.74) is 5.29. The number of nitrogens with two attached hydrogens (primary N) is 1. The number of aromatic nitrogens is 2. The standard InChI is InChI=1S/C5H5N3O.ClH/c6-5(9)4-1-2-7-8-3-4;/h1-3H,(H2,6,9);1H. The first kappa shape index (κ1) is 8.84. The lowest BCUT2D eigenvalue weighted by atomic mass is 10.3. The minimum absolute atomic E-state index is 0. The fourth-order valence-electron chi connectivity index (χ4n) is 0.436. The highest BCUT2D eigenvalue weighted by Crippen LogP contribution is 1.89. The zero-order chi connectivity index (χ0) is 6.69. The van der Waals surface area contributed by atoms with Crippen molar-refractivity contribution in [2.45, 2.75) is 0 Å². The summed E-state index contributed by atoms with van der Waals surface area (Å²) in [6.07, 6.45) is 2.74. The predicted octanol–water partition coefficient (Wildman–Crippen LogP) is -0.00270. The van der Waals surface area contributed by atoms with Crippen LogP contribution in [0.5, 0.6) is 0 Å². The molecule has 1 amide bonds. The van der Waals surface area contributed by atoms with Crippen LogP contribution in [0.3, 0.4) is 0 Å². The van der Waals surface area contributed by atoms with Gasteiger partial charge in [-0.05, 0) is 6.07 Å². The maximum absolute atomic E-state index is 10.4. The number of hydrogen-bond acceptors (Lipinski definition) is 3. The van der Waals surface area contributed by atoms with E-state index in [9.17, 15) is 4.79 Å². The third-order valence-corrected chi connectivity index (χ3v) is 0.869. The van der Waals surface area contributed by atoms with E-state index in [1.165, 1.54) is 18.5 Å². The number of rotatable bonds is 1. The molecule has 1 heterocycles. The first-order chi connectivity index (χ1) is 4.30. The number of halogens is 1. The van der Waals surface area contributed by atoms with Gasteiger partial charge in [0.1, 0.15) is 0 Å². The van der Waals surface area contributed by atoms with Gasteiger partial charge in [0, 0.05) is 0 Å². The van der Waals surface area contributed by atoms with E-state index in [-0.39, 0.29) is 12.4 Å². The van der Waals surface area contributed by atoms with E-state index in [0.717, 1.165) is 0 Å². The molecule has 0 saturated heterocycles. The largest absolute Gasteiger partial charge is 0.366 e. The minimum atomic E-state index is -0.482. The average molecular weight is 160 g/mol. The molecule has 0 unspecified atom stereocenters. The molecular formula is C5H6ClN3O. The summed E-state index contributed by atoms with van der Waals surface area (Å²) in [5, 5.41) is 6.93. The van der Waals surface area contributed by atoms with Crippen molar-refractivity contribution < 1.29 is 4.79 Å². The fourth-order valence-corrected chi connectivity index (χ4v) is 0.436. The summed E-state index contributed by atoms with van der Waals surface area (Å²) in [7, 11) is 0. The monoisotopic (exact) mass is 159 g/mol. The number of primary amides is 1. The van der Waals surface area contributed by atoms with Crippen molar-refractivity contribution in [1.82, 2.24) is 10.2 Å². The quantitative estimate of drug-likeness (QED) is 0.627. The molecule has 0 saturated carbocycles. The van der Waals surface area contributed by atoms with E-state index in [1.54, 1.807) is 0 Å². The number of carbonyl (C=O) groups is 1. The molecule has 1 rings (SSSR count). The zero-order valence-electron chi connectivity index (χ0n) is 5.02. The molecule has 5 heteroatoms. The Balaban J connectivity index is 0.000000810. The molecule has 2 N–H and O–H groups in total. The Hall–Kier alpha value is -1.16. The third-order valence-electron chi connectivity index (χ3n) is 0.869. The second kappa shape index (κ2) is 3.79. The van der Waals surface area contributed by atoms with Crippen LogP contribution in [-0.4, -0.2) is 16.1 Å². The summed E-state index contributed by atoms with van der Waals surface area (Å²) in [4.78, 5) is 10.4. The maximum Gasteiger partial charge on any atom is 0.250 e. The Morgan fingerprint density at radius 1 is 1.50 bits per heavy atom. The van der Waals surface area contributed by atoms with E-state index in [4.69, 9.17) is 5.73 Å². The van der Waals surface area contributed by atoms with Gasteiger partial charge in [0.2, 0.25) is 5.91 Å². The Morgan fingerprint density at radius 3 is 2.50 bits per heavy atom. The van der Waals surface area contributed by atoms with Gasteiger partial charge in [-0.2, -0.15) is 10.2 Å². The molecule has 0 spiro atoms. The summed E-state index contributed by atoms with van der Waals surface area (Å²) in [6, 6.07) is 1.51. The van der Waals surface area contributed by atoms with E-state index < -0.39 is 5.91 Å². The molecule has 0 aliphatic heterocycles. The van der Waals surface area contributed by atoms with Crippen LogP contribution >= 0.6 is 12.4 Å². The number of carbonyl (C=O) groups excluding carboxylic acids is 1. The first-order valence-corrected chi connectivity index (χ1v) is 2.37. The second-order valence-electron chi connectivity index (χ2n) is 1.50. The predicted molar refractivity (Wildman–Crippen MR) is 37.8 cm³/mol. The van der Waals surface area contributed by atoms with Gasteiger partial charge in [0.25, 0.3) is 0 Å². The van der Waals surface area contributed by atoms with Crippen molar-refractivity contribution in [2.24, 2.45) is 5.73 Å². The van der Waals surface area contributed by atoms with Crippen LogP contribution in [-0.2, 0) is 0 Å². The molecule has 1 aromatic rings. The number of nitrogens with zero attached hydrogens (tertiary/aromatic N) is 2. The Labute approximate surface area is 63.9 Å². The van der Waals surface area contributed by atoms with Gasteiger partial charge < -0.3 is 5.73 Å².